The Morgan fingerprint density at radius 3 is 2.67 bits per heavy atom. The van der Waals surface area contributed by atoms with E-state index in [-0.39, 0.29) is 5.75 Å². The Morgan fingerprint density at radius 2 is 2.17 bits per heavy atom. The van der Waals surface area contributed by atoms with Crippen LogP contribution in [0.25, 0.3) is 0 Å². The number of hydrogen-bond donors (Lipinski definition) is 1. The Kier molecular flexibility index (Phi) is 3.05. The molecule has 0 amide bonds. The minimum absolute atomic E-state index is 0.0792. The average molecular weight is 187 g/mol. The number of rotatable bonds is 3. The zero-order valence-corrected chi connectivity index (χ0v) is 7.63. The molecule has 1 rings (SSSR count). The summed E-state index contributed by atoms with van der Waals surface area (Å²) in [4.78, 5) is 0. The van der Waals surface area contributed by atoms with E-state index in [1.807, 2.05) is 24.3 Å². The van der Waals surface area contributed by atoms with Crippen LogP contribution in [0.1, 0.15) is 12.8 Å². The molecule has 0 radical (unpaired) electrons. The van der Waals surface area contributed by atoms with Gasteiger partial charge in [0.2, 0.25) is 10.0 Å². The largest absolute Gasteiger partial charge is 0.229 e. The SMILES string of the molecule is NS(=O)(=O)CCC1C=CC=CC1. The van der Waals surface area contributed by atoms with Crippen molar-refractivity contribution in [2.75, 3.05) is 5.75 Å². The molecule has 0 saturated carbocycles. The summed E-state index contributed by atoms with van der Waals surface area (Å²) in [5.74, 6) is 0.420. The molecule has 0 bridgehead atoms. The van der Waals surface area contributed by atoms with E-state index in [9.17, 15) is 8.42 Å². The number of hydrogen-bond acceptors (Lipinski definition) is 2. The molecule has 1 aliphatic carbocycles. The van der Waals surface area contributed by atoms with Crippen molar-refractivity contribution < 1.29 is 8.42 Å². The third-order valence-corrected chi connectivity index (χ3v) is 2.65. The van der Waals surface area contributed by atoms with Gasteiger partial charge in [0.05, 0.1) is 5.75 Å². The van der Waals surface area contributed by atoms with Crippen molar-refractivity contribution in [2.24, 2.45) is 11.1 Å². The Bertz CT molecular complexity index is 290. The lowest BCUT2D eigenvalue weighted by Gasteiger charge is -2.10. The molecule has 68 valence electrons. The van der Waals surface area contributed by atoms with Gasteiger partial charge in [0, 0.05) is 0 Å². The molecule has 1 aliphatic rings. The summed E-state index contributed by atoms with van der Waals surface area (Å²) < 4.78 is 21.2. The molecule has 0 fully saturated rings. The summed E-state index contributed by atoms with van der Waals surface area (Å²) in [5, 5.41) is 4.88. The Morgan fingerprint density at radius 1 is 1.42 bits per heavy atom. The van der Waals surface area contributed by atoms with Crippen LogP contribution in [0.5, 0.6) is 0 Å². The zero-order valence-electron chi connectivity index (χ0n) is 6.81. The maximum Gasteiger partial charge on any atom is 0.209 e. The molecular weight excluding hydrogens is 174 g/mol. The topological polar surface area (TPSA) is 60.2 Å². The lowest BCUT2D eigenvalue weighted by Crippen LogP contribution is -2.18. The summed E-state index contributed by atoms with van der Waals surface area (Å²) in [6, 6.07) is 0. The zero-order chi connectivity index (χ0) is 9.03. The molecule has 1 unspecified atom stereocenters. The number of allylic oxidation sites excluding steroid dienone is 4. The number of nitrogens with two attached hydrogens (primary N) is 1. The first kappa shape index (κ1) is 9.48. The van der Waals surface area contributed by atoms with Crippen molar-refractivity contribution in [1.29, 1.82) is 0 Å². The van der Waals surface area contributed by atoms with Crippen LogP contribution < -0.4 is 5.14 Å². The Balaban J connectivity index is 2.34. The monoisotopic (exact) mass is 187 g/mol. The Hall–Kier alpha value is -0.610. The molecule has 12 heavy (non-hydrogen) atoms. The summed E-state index contributed by atoms with van der Waals surface area (Å²) in [5.41, 5.74) is 0. The van der Waals surface area contributed by atoms with Crippen LogP contribution in [-0.2, 0) is 10.0 Å². The molecule has 0 heterocycles. The van der Waals surface area contributed by atoms with Gasteiger partial charge in [-0.1, -0.05) is 24.3 Å². The van der Waals surface area contributed by atoms with Crippen LogP contribution in [0.2, 0.25) is 0 Å². The first-order valence-electron chi connectivity index (χ1n) is 3.92. The van der Waals surface area contributed by atoms with E-state index in [0.29, 0.717) is 12.3 Å². The van der Waals surface area contributed by atoms with Crippen molar-refractivity contribution in [3.8, 4) is 0 Å². The van der Waals surface area contributed by atoms with Crippen molar-refractivity contribution in [2.45, 2.75) is 12.8 Å². The van der Waals surface area contributed by atoms with Crippen molar-refractivity contribution in [1.82, 2.24) is 0 Å². The highest BCUT2D eigenvalue weighted by atomic mass is 32.2. The summed E-state index contributed by atoms with van der Waals surface area (Å²) in [7, 11) is -3.28. The fraction of sp³-hybridized carbons (Fsp3) is 0.500. The van der Waals surface area contributed by atoms with Gasteiger partial charge in [-0.15, -0.1) is 0 Å². The highest BCUT2D eigenvalue weighted by molar-refractivity contribution is 7.89. The van der Waals surface area contributed by atoms with Gasteiger partial charge >= 0.3 is 0 Å². The van der Waals surface area contributed by atoms with Gasteiger partial charge < -0.3 is 0 Å². The van der Waals surface area contributed by atoms with Gasteiger partial charge in [-0.3, -0.25) is 0 Å². The van der Waals surface area contributed by atoms with Gasteiger partial charge in [-0.25, -0.2) is 13.6 Å². The van der Waals surface area contributed by atoms with Crippen LogP contribution in [0.15, 0.2) is 24.3 Å². The second-order valence-corrected chi connectivity index (χ2v) is 4.70. The van der Waals surface area contributed by atoms with E-state index >= 15 is 0 Å². The molecule has 0 saturated heterocycles. The molecule has 2 N–H and O–H groups in total. The normalized spacial score (nSPS) is 22.9. The first-order chi connectivity index (χ1) is 5.58. The highest BCUT2D eigenvalue weighted by Crippen LogP contribution is 2.15. The molecule has 0 spiro atoms. The molecule has 4 heteroatoms. The van der Waals surface area contributed by atoms with Gasteiger partial charge in [0.1, 0.15) is 0 Å². The smallest absolute Gasteiger partial charge is 0.209 e. The van der Waals surface area contributed by atoms with Crippen molar-refractivity contribution in [3.05, 3.63) is 24.3 Å². The summed E-state index contributed by atoms with van der Waals surface area (Å²) in [6.07, 6.45) is 9.51. The summed E-state index contributed by atoms with van der Waals surface area (Å²) >= 11 is 0. The van der Waals surface area contributed by atoms with Crippen molar-refractivity contribution >= 4 is 10.0 Å². The molecular formula is C8H13NO2S. The molecule has 0 aromatic carbocycles. The number of primary sulfonamides is 1. The predicted molar refractivity (Wildman–Crippen MR) is 49.0 cm³/mol. The molecule has 0 aromatic rings. The van der Waals surface area contributed by atoms with Gasteiger partial charge in [0.15, 0.2) is 0 Å². The van der Waals surface area contributed by atoms with Crippen LogP contribution in [0.4, 0.5) is 0 Å². The van der Waals surface area contributed by atoms with Gasteiger partial charge in [-0.05, 0) is 18.8 Å². The van der Waals surface area contributed by atoms with Crippen LogP contribution in [0.3, 0.4) is 0 Å². The third-order valence-electron chi connectivity index (χ3n) is 1.84. The predicted octanol–water partition coefficient (Wildman–Crippen LogP) is 0.797. The first-order valence-corrected chi connectivity index (χ1v) is 5.63. The third kappa shape index (κ3) is 3.69. The van der Waals surface area contributed by atoms with E-state index in [4.69, 9.17) is 5.14 Å². The fourth-order valence-electron chi connectivity index (χ4n) is 1.16. The van der Waals surface area contributed by atoms with E-state index in [1.54, 1.807) is 0 Å². The Labute approximate surface area is 73.0 Å². The fourth-order valence-corrected chi connectivity index (χ4v) is 1.79. The van der Waals surface area contributed by atoms with Gasteiger partial charge in [-0.2, -0.15) is 0 Å². The average Bonchev–Trinajstić information content (AvgIpc) is 2.02. The summed E-state index contributed by atoms with van der Waals surface area (Å²) in [6.45, 7) is 0. The molecule has 0 aliphatic heterocycles. The highest BCUT2D eigenvalue weighted by Gasteiger charge is 2.09. The van der Waals surface area contributed by atoms with E-state index in [1.165, 1.54) is 0 Å². The maximum absolute atomic E-state index is 10.6. The molecule has 0 aromatic heterocycles. The van der Waals surface area contributed by atoms with E-state index in [0.717, 1.165) is 6.42 Å². The van der Waals surface area contributed by atoms with Crippen LogP contribution in [0, 0.1) is 5.92 Å². The molecule has 3 nitrogen and oxygen atoms in total. The lowest BCUT2D eigenvalue weighted by molar-refractivity contribution is 0.578. The van der Waals surface area contributed by atoms with Crippen LogP contribution in [-0.4, -0.2) is 14.2 Å². The second kappa shape index (κ2) is 3.87. The quantitative estimate of drug-likeness (QED) is 0.710. The lowest BCUT2D eigenvalue weighted by atomic mass is 9.98. The second-order valence-electron chi connectivity index (χ2n) is 2.96. The minimum atomic E-state index is -3.28. The van der Waals surface area contributed by atoms with E-state index < -0.39 is 10.0 Å². The van der Waals surface area contributed by atoms with Crippen molar-refractivity contribution in [3.63, 3.8) is 0 Å². The maximum atomic E-state index is 10.6. The van der Waals surface area contributed by atoms with E-state index in [2.05, 4.69) is 0 Å². The van der Waals surface area contributed by atoms with Gasteiger partial charge in [0.25, 0.3) is 0 Å². The number of sulfonamides is 1. The molecule has 1 atom stereocenters. The standard InChI is InChI=1S/C8H13NO2S/c9-12(10,11)7-6-8-4-2-1-3-5-8/h1-4,8H,5-7H2,(H2,9,10,11). The minimum Gasteiger partial charge on any atom is -0.229 e. The van der Waals surface area contributed by atoms with Crippen LogP contribution >= 0.6 is 0 Å².